The molecule has 0 radical (unpaired) electrons. The van der Waals surface area contributed by atoms with Crippen LogP contribution in [-0.4, -0.2) is 45.0 Å². The average Bonchev–Trinajstić information content (AvgIpc) is 3.11. The van der Waals surface area contributed by atoms with Crippen LogP contribution in [0.3, 0.4) is 0 Å². The first-order valence-corrected chi connectivity index (χ1v) is 8.49. The predicted octanol–water partition coefficient (Wildman–Crippen LogP) is 1.32. The Balaban J connectivity index is 1.53. The van der Waals surface area contributed by atoms with Gasteiger partial charge >= 0.3 is 0 Å². The second-order valence-electron chi connectivity index (χ2n) is 6.51. The van der Waals surface area contributed by atoms with Crippen molar-refractivity contribution in [3.63, 3.8) is 0 Å². The Morgan fingerprint density at radius 2 is 2.15 bits per heavy atom. The zero-order valence-corrected chi connectivity index (χ0v) is 14.8. The first-order chi connectivity index (χ1) is 12.4. The van der Waals surface area contributed by atoms with E-state index in [1.54, 1.807) is 18.7 Å². The van der Waals surface area contributed by atoms with Gasteiger partial charge in [0.1, 0.15) is 12.4 Å². The molecule has 2 aromatic heterocycles. The number of halogens is 1. The quantitative estimate of drug-likeness (QED) is 0.804. The first-order valence-electron chi connectivity index (χ1n) is 8.49. The van der Waals surface area contributed by atoms with Gasteiger partial charge in [0.2, 0.25) is 11.8 Å². The number of carbonyl (C=O) groups is 1. The summed E-state index contributed by atoms with van der Waals surface area (Å²) in [5.74, 6) is 0.0231. The summed E-state index contributed by atoms with van der Waals surface area (Å²) in [6.45, 7) is 5.06. The Morgan fingerprint density at radius 1 is 1.35 bits per heavy atom. The van der Waals surface area contributed by atoms with Crippen LogP contribution in [0.5, 0.6) is 5.88 Å². The number of hydrogen-bond acceptors (Lipinski definition) is 5. The van der Waals surface area contributed by atoms with Crippen molar-refractivity contribution in [2.75, 3.05) is 19.7 Å². The van der Waals surface area contributed by atoms with Crippen LogP contribution in [0.25, 0.3) is 0 Å². The van der Waals surface area contributed by atoms with E-state index in [0.717, 1.165) is 12.6 Å². The van der Waals surface area contributed by atoms with E-state index in [0.29, 0.717) is 36.8 Å². The fraction of sp³-hybridized carbons (Fsp3) is 0.444. The van der Waals surface area contributed by atoms with Crippen molar-refractivity contribution in [2.24, 2.45) is 5.92 Å². The molecule has 1 saturated heterocycles. The highest BCUT2D eigenvalue weighted by atomic mass is 19.1. The van der Waals surface area contributed by atoms with Gasteiger partial charge in [0, 0.05) is 36.3 Å². The molecule has 1 fully saturated rings. The predicted molar refractivity (Wildman–Crippen MR) is 92.3 cm³/mol. The zero-order valence-electron chi connectivity index (χ0n) is 14.8. The SMILES string of the molecule is Cc1ncn(CC(=O)N2CCC(COc3ccc(F)cn3)C2)c(=O)c1C. The van der Waals surface area contributed by atoms with Gasteiger partial charge in [-0.3, -0.25) is 14.2 Å². The number of amides is 1. The molecule has 1 unspecified atom stereocenters. The summed E-state index contributed by atoms with van der Waals surface area (Å²) in [6, 6.07) is 2.77. The summed E-state index contributed by atoms with van der Waals surface area (Å²) in [5.41, 5.74) is 1.04. The summed E-state index contributed by atoms with van der Waals surface area (Å²) in [5, 5.41) is 0. The fourth-order valence-corrected chi connectivity index (χ4v) is 2.88. The molecule has 8 heteroatoms. The van der Waals surface area contributed by atoms with E-state index >= 15 is 0 Å². The van der Waals surface area contributed by atoms with Crippen LogP contribution in [0.15, 0.2) is 29.5 Å². The van der Waals surface area contributed by atoms with E-state index in [-0.39, 0.29) is 23.9 Å². The molecule has 0 spiro atoms. The van der Waals surface area contributed by atoms with E-state index in [1.807, 2.05) is 0 Å². The van der Waals surface area contributed by atoms with Crippen molar-refractivity contribution >= 4 is 5.91 Å². The Labute approximate surface area is 150 Å². The normalized spacial score (nSPS) is 16.7. The highest BCUT2D eigenvalue weighted by Gasteiger charge is 2.27. The third kappa shape index (κ3) is 4.07. The molecule has 2 aromatic rings. The summed E-state index contributed by atoms with van der Waals surface area (Å²) >= 11 is 0. The van der Waals surface area contributed by atoms with Crippen LogP contribution in [-0.2, 0) is 11.3 Å². The highest BCUT2D eigenvalue weighted by molar-refractivity contribution is 5.76. The van der Waals surface area contributed by atoms with Gasteiger partial charge in [0.25, 0.3) is 5.56 Å². The van der Waals surface area contributed by atoms with Crippen LogP contribution in [0.2, 0.25) is 0 Å². The second kappa shape index (κ2) is 7.63. The molecule has 3 heterocycles. The van der Waals surface area contributed by atoms with Crippen LogP contribution in [0, 0.1) is 25.6 Å². The fourth-order valence-electron chi connectivity index (χ4n) is 2.88. The van der Waals surface area contributed by atoms with Gasteiger partial charge < -0.3 is 9.64 Å². The van der Waals surface area contributed by atoms with Gasteiger partial charge in [-0.05, 0) is 26.3 Å². The summed E-state index contributed by atoms with van der Waals surface area (Å²) in [7, 11) is 0. The van der Waals surface area contributed by atoms with Crippen molar-refractivity contribution < 1.29 is 13.9 Å². The minimum Gasteiger partial charge on any atom is -0.477 e. The maximum atomic E-state index is 12.8. The number of hydrogen-bond donors (Lipinski definition) is 0. The Bertz CT molecular complexity index is 851. The number of pyridine rings is 1. The van der Waals surface area contributed by atoms with Crippen molar-refractivity contribution in [2.45, 2.75) is 26.8 Å². The van der Waals surface area contributed by atoms with E-state index in [2.05, 4.69) is 9.97 Å². The molecule has 0 aromatic carbocycles. The average molecular weight is 360 g/mol. The molecule has 0 saturated carbocycles. The molecule has 0 aliphatic carbocycles. The third-order valence-corrected chi connectivity index (χ3v) is 4.63. The third-order valence-electron chi connectivity index (χ3n) is 4.63. The van der Waals surface area contributed by atoms with Crippen LogP contribution in [0.4, 0.5) is 4.39 Å². The summed E-state index contributed by atoms with van der Waals surface area (Å²) in [4.78, 5) is 34.4. The van der Waals surface area contributed by atoms with Crippen molar-refractivity contribution in [1.29, 1.82) is 0 Å². The van der Waals surface area contributed by atoms with E-state index in [9.17, 15) is 14.0 Å². The number of rotatable bonds is 5. The lowest BCUT2D eigenvalue weighted by Crippen LogP contribution is -2.36. The maximum absolute atomic E-state index is 12.8. The van der Waals surface area contributed by atoms with E-state index < -0.39 is 5.82 Å². The lowest BCUT2D eigenvalue weighted by Gasteiger charge is -2.17. The molecule has 1 amide bonds. The Morgan fingerprint density at radius 3 is 2.88 bits per heavy atom. The van der Waals surface area contributed by atoms with Crippen molar-refractivity contribution in [3.8, 4) is 5.88 Å². The largest absolute Gasteiger partial charge is 0.477 e. The summed E-state index contributed by atoms with van der Waals surface area (Å²) < 4.78 is 19.7. The molecule has 1 aliphatic rings. The van der Waals surface area contributed by atoms with Crippen LogP contribution in [0.1, 0.15) is 17.7 Å². The number of likely N-dealkylation sites (tertiary alicyclic amines) is 1. The number of carbonyl (C=O) groups excluding carboxylic acids is 1. The van der Waals surface area contributed by atoms with Gasteiger partial charge in [-0.25, -0.2) is 14.4 Å². The first kappa shape index (κ1) is 18.0. The van der Waals surface area contributed by atoms with Crippen molar-refractivity contribution in [1.82, 2.24) is 19.4 Å². The van der Waals surface area contributed by atoms with Crippen LogP contribution >= 0.6 is 0 Å². The lowest BCUT2D eigenvalue weighted by molar-refractivity contribution is -0.131. The number of aromatic nitrogens is 3. The monoisotopic (exact) mass is 360 g/mol. The van der Waals surface area contributed by atoms with Gasteiger partial charge in [0.05, 0.1) is 19.1 Å². The zero-order chi connectivity index (χ0) is 18.7. The minimum atomic E-state index is -0.411. The molecule has 1 atom stereocenters. The maximum Gasteiger partial charge on any atom is 0.256 e. The minimum absolute atomic E-state index is 0.0138. The molecular weight excluding hydrogens is 339 g/mol. The second-order valence-corrected chi connectivity index (χ2v) is 6.51. The van der Waals surface area contributed by atoms with Gasteiger partial charge in [-0.2, -0.15) is 0 Å². The molecule has 138 valence electrons. The number of ether oxygens (including phenoxy) is 1. The standard InChI is InChI=1S/C18H21FN4O3/c1-12-13(2)21-11-23(18(12)25)9-17(24)22-6-5-14(8-22)10-26-16-4-3-15(19)7-20-16/h3-4,7,11,14H,5-6,8-10H2,1-2H3. The molecule has 0 bridgehead atoms. The van der Waals surface area contributed by atoms with Gasteiger partial charge in [0.15, 0.2) is 0 Å². The van der Waals surface area contributed by atoms with Gasteiger partial charge in [-0.15, -0.1) is 0 Å². The lowest BCUT2D eigenvalue weighted by atomic mass is 10.1. The number of aryl methyl sites for hydroxylation is 1. The molecule has 0 N–H and O–H groups in total. The van der Waals surface area contributed by atoms with Crippen molar-refractivity contribution in [3.05, 3.63) is 52.1 Å². The molecule has 26 heavy (non-hydrogen) atoms. The van der Waals surface area contributed by atoms with E-state index in [1.165, 1.54) is 23.0 Å². The topological polar surface area (TPSA) is 77.3 Å². The van der Waals surface area contributed by atoms with Crippen LogP contribution < -0.4 is 10.3 Å². The number of nitrogens with zero attached hydrogens (tertiary/aromatic N) is 4. The Hall–Kier alpha value is -2.77. The van der Waals surface area contributed by atoms with E-state index in [4.69, 9.17) is 4.74 Å². The highest BCUT2D eigenvalue weighted by Crippen LogP contribution is 2.18. The Kier molecular flexibility index (Phi) is 5.29. The van der Waals surface area contributed by atoms with Gasteiger partial charge in [-0.1, -0.05) is 0 Å². The molecule has 3 rings (SSSR count). The molecule has 1 aliphatic heterocycles. The molecule has 7 nitrogen and oxygen atoms in total. The smallest absolute Gasteiger partial charge is 0.256 e. The summed E-state index contributed by atoms with van der Waals surface area (Å²) in [6.07, 6.45) is 3.33. The molecular formula is C18H21FN4O3.